The van der Waals surface area contributed by atoms with Crippen molar-refractivity contribution in [1.82, 2.24) is 10.5 Å². The highest BCUT2D eigenvalue weighted by Gasteiger charge is 2.53. The molecule has 0 unspecified atom stereocenters. The van der Waals surface area contributed by atoms with Crippen LogP contribution in [0, 0.1) is 30.1 Å². The fourth-order valence-corrected chi connectivity index (χ4v) is 5.64. The molecule has 1 aromatic rings. The predicted octanol–water partition coefficient (Wildman–Crippen LogP) is 3.71. The fraction of sp³-hybridized carbons (Fsp3) is 0.765. The molecule has 2 N–H and O–H groups in total. The number of hydrogen-bond donors (Lipinski definition) is 2. The van der Waals surface area contributed by atoms with Crippen molar-refractivity contribution in [2.24, 2.45) is 23.2 Å². The second kappa shape index (κ2) is 5.00. The Morgan fingerprint density at radius 3 is 2.36 bits per heavy atom. The minimum atomic E-state index is -0.170. The van der Waals surface area contributed by atoms with Crippen molar-refractivity contribution in [2.75, 3.05) is 5.32 Å². The molecule has 1 aromatic heterocycles. The lowest BCUT2D eigenvalue weighted by Crippen LogP contribution is -2.56. The summed E-state index contributed by atoms with van der Waals surface area (Å²) in [6, 6.07) is 1.78. The average Bonchev–Trinajstić information content (AvgIpc) is 2.82. The molecule has 4 aliphatic carbocycles. The maximum absolute atomic E-state index is 12.2. The van der Waals surface area contributed by atoms with Gasteiger partial charge in [-0.05, 0) is 75.5 Å². The summed E-state index contributed by atoms with van der Waals surface area (Å²) in [4.78, 5) is 12.2. The van der Waals surface area contributed by atoms with E-state index in [0.29, 0.717) is 17.0 Å². The van der Waals surface area contributed by atoms with Crippen molar-refractivity contribution in [2.45, 2.75) is 58.4 Å². The van der Waals surface area contributed by atoms with Gasteiger partial charge in [0, 0.05) is 12.1 Å². The monoisotopic (exact) mass is 303 g/mol. The van der Waals surface area contributed by atoms with Crippen LogP contribution in [0.3, 0.4) is 0 Å². The Labute approximate surface area is 131 Å². The molecule has 22 heavy (non-hydrogen) atoms. The molecule has 0 radical (unpaired) electrons. The smallest absolute Gasteiger partial charge is 0.320 e. The number of amides is 2. The first-order valence-electron chi connectivity index (χ1n) is 8.53. The molecule has 4 bridgehead atoms. The van der Waals surface area contributed by atoms with Gasteiger partial charge < -0.3 is 9.84 Å². The Bertz CT molecular complexity index is 545. The zero-order valence-corrected chi connectivity index (χ0v) is 13.4. The van der Waals surface area contributed by atoms with Crippen LogP contribution in [0.4, 0.5) is 10.6 Å². The Kier molecular flexibility index (Phi) is 3.20. The number of rotatable bonds is 3. The van der Waals surface area contributed by atoms with Gasteiger partial charge in [0.1, 0.15) is 5.76 Å². The standard InChI is InChI=1S/C17H25N3O2/c1-10-3-15(20-22-10)19-16(21)18-11(2)17-7-12-4-13(8-17)6-14(5-12)9-17/h3,11-14H,4-9H2,1-2H3,(H2,18,19,20,21)/t11-,12?,13?,14?,17?/m1/s1. The van der Waals surface area contributed by atoms with Crippen LogP contribution in [0.25, 0.3) is 0 Å². The SMILES string of the molecule is Cc1cc(NC(=O)N[C@H](C)C23CC4CC(CC(C4)C2)C3)no1. The molecule has 4 saturated carbocycles. The van der Waals surface area contributed by atoms with E-state index in [0.717, 1.165) is 17.8 Å². The molecule has 4 aliphatic rings. The highest BCUT2D eigenvalue weighted by molar-refractivity contribution is 5.88. The van der Waals surface area contributed by atoms with Gasteiger partial charge in [-0.2, -0.15) is 0 Å². The highest BCUT2D eigenvalue weighted by Crippen LogP contribution is 2.61. The molecule has 0 saturated heterocycles. The largest absolute Gasteiger partial charge is 0.360 e. The molecular weight excluding hydrogens is 278 g/mol. The average molecular weight is 303 g/mol. The molecule has 5 heteroatoms. The highest BCUT2D eigenvalue weighted by atomic mass is 16.5. The van der Waals surface area contributed by atoms with E-state index in [-0.39, 0.29) is 12.1 Å². The van der Waals surface area contributed by atoms with Gasteiger partial charge in [0.15, 0.2) is 5.82 Å². The van der Waals surface area contributed by atoms with Crippen LogP contribution in [0.5, 0.6) is 0 Å². The van der Waals surface area contributed by atoms with Crippen LogP contribution in [-0.4, -0.2) is 17.2 Å². The molecule has 0 aromatic carbocycles. The third-order valence-electron chi connectivity index (χ3n) is 6.22. The molecule has 2 amide bonds. The maximum atomic E-state index is 12.2. The second-order valence-electron chi connectivity index (χ2n) is 7.92. The number of carbonyl (C=O) groups excluding carboxylic acids is 1. The van der Waals surface area contributed by atoms with Crippen molar-refractivity contribution in [3.05, 3.63) is 11.8 Å². The summed E-state index contributed by atoms with van der Waals surface area (Å²) in [5, 5.41) is 9.74. The number of carbonyl (C=O) groups is 1. The third-order valence-corrected chi connectivity index (χ3v) is 6.22. The van der Waals surface area contributed by atoms with E-state index < -0.39 is 0 Å². The number of nitrogens with zero attached hydrogens (tertiary/aromatic N) is 1. The van der Waals surface area contributed by atoms with Gasteiger partial charge in [0.05, 0.1) is 0 Å². The van der Waals surface area contributed by atoms with Crippen LogP contribution in [0.2, 0.25) is 0 Å². The number of nitrogens with one attached hydrogen (secondary N) is 2. The van der Waals surface area contributed by atoms with Gasteiger partial charge in [-0.3, -0.25) is 5.32 Å². The Balaban J connectivity index is 1.41. The number of anilines is 1. The first-order chi connectivity index (χ1) is 10.5. The molecule has 4 fully saturated rings. The van der Waals surface area contributed by atoms with Crippen molar-refractivity contribution < 1.29 is 9.32 Å². The van der Waals surface area contributed by atoms with E-state index in [4.69, 9.17) is 4.52 Å². The summed E-state index contributed by atoms with van der Waals surface area (Å²) < 4.78 is 4.98. The molecule has 5 nitrogen and oxygen atoms in total. The number of aryl methyl sites for hydroxylation is 1. The van der Waals surface area contributed by atoms with E-state index >= 15 is 0 Å². The lowest BCUT2D eigenvalue weighted by Gasteiger charge is -2.59. The zero-order valence-electron chi connectivity index (χ0n) is 13.4. The zero-order chi connectivity index (χ0) is 15.3. The summed E-state index contributed by atoms with van der Waals surface area (Å²) >= 11 is 0. The maximum Gasteiger partial charge on any atom is 0.320 e. The molecule has 1 atom stereocenters. The number of urea groups is 1. The summed E-state index contributed by atoms with van der Waals surface area (Å²) in [6.07, 6.45) is 8.17. The van der Waals surface area contributed by atoms with Gasteiger partial charge in [-0.15, -0.1) is 0 Å². The van der Waals surface area contributed by atoms with Gasteiger partial charge >= 0.3 is 6.03 Å². The third kappa shape index (κ3) is 2.40. The number of hydrogen-bond acceptors (Lipinski definition) is 3. The molecule has 0 aliphatic heterocycles. The van der Waals surface area contributed by atoms with Gasteiger partial charge in [0.2, 0.25) is 0 Å². The Hall–Kier alpha value is -1.52. The molecule has 1 heterocycles. The van der Waals surface area contributed by atoms with E-state index in [2.05, 4.69) is 22.7 Å². The van der Waals surface area contributed by atoms with Crippen molar-refractivity contribution in [3.63, 3.8) is 0 Å². The van der Waals surface area contributed by atoms with E-state index in [1.54, 1.807) is 6.07 Å². The van der Waals surface area contributed by atoms with Crippen LogP contribution in [0.1, 0.15) is 51.2 Å². The van der Waals surface area contributed by atoms with E-state index in [1.165, 1.54) is 38.5 Å². The first-order valence-corrected chi connectivity index (χ1v) is 8.53. The first kappa shape index (κ1) is 14.1. The molecule has 120 valence electrons. The van der Waals surface area contributed by atoms with Crippen LogP contribution >= 0.6 is 0 Å². The normalized spacial score (nSPS) is 37.1. The molecule has 0 spiro atoms. The van der Waals surface area contributed by atoms with Gasteiger partial charge in [0.25, 0.3) is 0 Å². The Morgan fingerprint density at radius 1 is 1.27 bits per heavy atom. The van der Waals surface area contributed by atoms with Gasteiger partial charge in [-0.1, -0.05) is 5.16 Å². The number of aromatic nitrogens is 1. The van der Waals surface area contributed by atoms with Gasteiger partial charge in [-0.25, -0.2) is 4.79 Å². The van der Waals surface area contributed by atoms with E-state index in [9.17, 15) is 4.79 Å². The van der Waals surface area contributed by atoms with Crippen LogP contribution in [-0.2, 0) is 0 Å². The Morgan fingerprint density at radius 2 is 1.86 bits per heavy atom. The van der Waals surface area contributed by atoms with Crippen molar-refractivity contribution >= 4 is 11.8 Å². The lowest BCUT2D eigenvalue weighted by molar-refractivity contribution is -0.0680. The van der Waals surface area contributed by atoms with Crippen molar-refractivity contribution in [1.29, 1.82) is 0 Å². The quantitative estimate of drug-likeness (QED) is 0.894. The summed E-state index contributed by atoms with van der Waals surface area (Å²) in [6.45, 7) is 3.99. The van der Waals surface area contributed by atoms with Crippen molar-refractivity contribution in [3.8, 4) is 0 Å². The fourth-order valence-electron chi connectivity index (χ4n) is 5.64. The minimum absolute atomic E-state index is 0.170. The predicted molar refractivity (Wildman–Crippen MR) is 83.5 cm³/mol. The van der Waals surface area contributed by atoms with E-state index in [1.807, 2.05) is 6.92 Å². The minimum Gasteiger partial charge on any atom is -0.360 e. The van der Waals surface area contributed by atoms with Crippen LogP contribution in [0.15, 0.2) is 10.6 Å². The topological polar surface area (TPSA) is 67.2 Å². The summed E-state index contributed by atoms with van der Waals surface area (Å²) in [5.41, 5.74) is 0.325. The second-order valence-corrected chi connectivity index (χ2v) is 7.92. The van der Waals surface area contributed by atoms with Crippen LogP contribution < -0.4 is 10.6 Å². The summed E-state index contributed by atoms with van der Waals surface area (Å²) in [7, 11) is 0. The lowest BCUT2D eigenvalue weighted by atomic mass is 9.48. The molecule has 5 rings (SSSR count). The molecular formula is C17H25N3O2. The summed E-state index contributed by atoms with van der Waals surface area (Å²) in [5.74, 6) is 3.88.